The molecule has 0 unspecified atom stereocenters. The van der Waals surface area contributed by atoms with Crippen molar-refractivity contribution in [3.8, 4) is 6.07 Å². The summed E-state index contributed by atoms with van der Waals surface area (Å²) in [6, 6.07) is 7.06. The fourth-order valence-corrected chi connectivity index (χ4v) is 3.75. The number of piperidine rings is 1. The third kappa shape index (κ3) is 3.63. The van der Waals surface area contributed by atoms with E-state index in [1.165, 1.54) is 12.8 Å². The van der Waals surface area contributed by atoms with E-state index in [-0.39, 0.29) is 0 Å². The van der Waals surface area contributed by atoms with Crippen LogP contribution in [0.1, 0.15) is 31.2 Å². The van der Waals surface area contributed by atoms with Crippen LogP contribution >= 0.6 is 0 Å². The molecule has 8 nitrogen and oxygen atoms in total. The summed E-state index contributed by atoms with van der Waals surface area (Å²) in [5, 5.41) is 17.5. The van der Waals surface area contributed by atoms with Crippen molar-refractivity contribution in [1.29, 1.82) is 5.26 Å². The first-order chi connectivity index (χ1) is 13.2. The molecule has 2 aliphatic rings. The number of nitrogens with zero attached hydrogens (tertiary/aromatic N) is 8. The topological polar surface area (TPSA) is 85.1 Å². The van der Waals surface area contributed by atoms with Gasteiger partial charge in [-0.15, -0.1) is 5.10 Å². The van der Waals surface area contributed by atoms with Crippen LogP contribution in [-0.2, 0) is 0 Å². The van der Waals surface area contributed by atoms with Crippen molar-refractivity contribution in [1.82, 2.24) is 20.2 Å². The van der Waals surface area contributed by atoms with Crippen LogP contribution < -0.4 is 14.7 Å². The van der Waals surface area contributed by atoms with Gasteiger partial charge in [0.05, 0.1) is 11.8 Å². The zero-order valence-electron chi connectivity index (χ0n) is 15.8. The van der Waals surface area contributed by atoms with Crippen LogP contribution in [0.4, 0.5) is 17.5 Å². The van der Waals surface area contributed by atoms with Gasteiger partial charge >= 0.3 is 0 Å². The highest BCUT2D eigenvalue weighted by Gasteiger charge is 2.37. The number of hydrogen-bond donors (Lipinski definition) is 0. The molecule has 2 fully saturated rings. The Morgan fingerprint density at radius 3 is 2.44 bits per heavy atom. The van der Waals surface area contributed by atoms with E-state index in [2.05, 4.69) is 42.1 Å². The largest absolute Gasteiger partial charge is 0.363 e. The van der Waals surface area contributed by atoms with Gasteiger partial charge in [0, 0.05) is 45.3 Å². The fourth-order valence-electron chi connectivity index (χ4n) is 3.75. The first-order valence-corrected chi connectivity index (χ1v) is 9.42. The van der Waals surface area contributed by atoms with Crippen molar-refractivity contribution >= 4 is 17.5 Å². The fraction of sp³-hybridized carbons (Fsp3) is 0.526. The lowest BCUT2D eigenvalue weighted by Gasteiger charge is -2.40. The highest BCUT2D eigenvalue weighted by Crippen LogP contribution is 2.36. The Morgan fingerprint density at radius 2 is 1.78 bits per heavy atom. The van der Waals surface area contributed by atoms with Crippen LogP contribution in [0.2, 0.25) is 0 Å². The predicted molar refractivity (Wildman–Crippen MR) is 104 cm³/mol. The quantitative estimate of drug-likeness (QED) is 0.794. The average Bonchev–Trinajstić information content (AvgIpc) is 3.54. The molecule has 1 aliphatic heterocycles. The summed E-state index contributed by atoms with van der Waals surface area (Å²) < 4.78 is 0. The molecule has 0 radical (unpaired) electrons. The first-order valence-electron chi connectivity index (χ1n) is 9.42. The van der Waals surface area contributed by atoms with E-state index >= 15 is 0 Å². The van der Waals surface area contributed by atoms with Crippen LogP contribution in [-0.4, -0.2) is 59.4 Å². The first kappa shape index (κ1) is 17.5. The molecule has 1 aliphatic carbocycles. The van der Waals surface area contributed by atoms with E-state index in [4.69, 9.17) is 0 Å². The minimum Gasteiger partial charge on any atom is -0.363 e. The molecular formula is C19H24N8. The van der Waals surface area contributed by atoms with Crippen LogP contribution in [0.3, 0.4) is 0 Å². The number of hydrogen-bond acceptors (Lipinski definition) is 8. The van der Waals surface area contributed by atoms with E-state index in [0.717, 1.165) is 37.6 Å². The van der Waals surface area contributed by atoms with Gasteiger partial charge in [0.15, 0.2) is 5.82 Å². The molecule has 3 heterocycles. The van der Waals surface area contributed by atoms with Gasteiger partial charge in [0.1, 0.15) is 24.0 Å². The maximum atomic E-state index is 9.32. The molecular weight excluding hydrogens is 340 g/mol. The highest BCUT2D eigenvalue weighted by molar-refractivity contribution is 5.54. The van der Waals surface area contributed by atoms with Gasteiger partial charge in [0.25, 0.3) is 0 Å². The Bertz CT molecular complexity index is 834. The molecule has 0 atom stereocenters. The lowest BCUT2D eigenvalue weighted by molar-refractivity contribution is 0.456. The summed E-state index contributed by atoms with van der Waals surface area (Å²) in [6.07, 6.45) is 7.71. The molecule has 0 bridgehead atoms. The summed E-state index contributed by atoms with van der Waals surface area (Å²) >= 11 is 0. The third-order valence-corrected chi connectivity index (χ3v) is 5.28. The van der Waals surface area contributed by atoms with Gasteiger partial charge in [-0.05, 0) is 31.7 Å². The van der Waals surface area contributed by atoms with Crippen molar-refractivity contribution < 1.29 is 0 Å². The summed E-state index contributed by atoms with van der Waals surface area (Å²) in [5.74, 6) is 2.65. The van der Waals surface area contributed by atoms with Gasteiger partial charge in [-0.2, -0.15) is 10.4 Å². The van der Waals surface area contributed by atoms with E-state index in [9.17, 15) is 5.26 Å². The van der Waals surface area contributed by atoms with Crippen LogP contribution in [0.15, 0.2) is 24.7 Å². The van der Waals surface area contributed by atoms with Crippen LogP contribution in [0.25, 0.3) is 0 Å². The minimum atomic E-state index is 0.445. The number of nitriles is 1. The second-order valence-electron chi connectivity index (χ2n) is 7.37. The van der Waals surface area contributed by atoms with Crippen molar-refractivity contribution in [2.75, 3.05) is 41.9 Å². The molecule has 0 aromatic carbocycles. The molecule has 0 amide bonds. The molecule has 1 saturated heterocycles. The summed E-state index contributed by atoms with van der Waals surface area (Å²) in [6.45, 7) is 1.74. The van der Waals surface area contributed by atoms with Gasteiger partial charge in [0.2, 0.25) is 0 Å². The second kappa shape index (κ2) is 7.35. The number of anilines is 3. The van der Waals surface area contributed by atoms with Crippen molar-refractivity contribution in [3.05, 3.63) is 30.2 Å². The van der Waals surface area contributed by atoms with Crippen molar-refractivity contribution in [2.45, 2.75) is 37.8 Å². The molecule has 27 heavy (non-hydrogen) atoms. The number of aromatic nitrogens is 4. The molecule has 2 aromatic rings. The lowest BCUT2D eigenvalue weighted by atomic mass is 10.0. The summed E-state index contributed by atoms with van der Waals surface area (Å²) in [7, 11) is 4.00. The van der Waals surface area contributed by atoms with Crippen LogP contribution in [0, 0.1) is 11.3 Å². The Hall–Kier alpha value is -2.95. The average molecular weight is 364 g/mol. The molecule has 2 aromatic heterocycles. The van der Waals surface area contributed by atoms with Crippen molar-refractivity contribution in [3.63, 3.8) is 0 Å². The Kier molecular flexibility index (Phi) is 4.75. The molecule has 8 heteroatoms. The van der Waals surface area contributed by atoms with E-state index in [1.807, 2.05) is 19.0 Å². The zero-order valence-corrected chi connectivity index (χ0v) is 15.8. The Morgan fingerprint density at radius 1 is 1.07 bits per heavy atom. The second-order valence-corrected chi connectivity index (χ2v) is 7.37. The monoisotopic (exact) mass is 364 g/mol. The van der Waals surface area contributed by atoms with E-state index < -0.39 is 0 Å². The zero-order chi connectivity index (χ0) is 18.8. The van der Waals surface area contributed by atoms with Gasteiger partial charge in [-0.3, -0.25) is 0 Å². The standard InChI is InChI=1S/C19H24N8/c1-25(2)17-11-18(22-13-21-17)27(15-3-4-15)16-6-9-26(10-7-16)19-14(12-20)5-8-23-24-19/h5,8,11,13,15-16H,3-4,6-7,9-10H2,1-2H3. The highest BCUT2D eigenvalue weighted by atomic mass is 15.3. The minimum absolute atomic E-state index is 0.445. The Balaban J connectivity index is 1.50. The third-order valence-electron chi connectivity index (χ3n) is 5.28. The van der Waals surface area contributed by atoms with Gasteiger partial charge in [-0.25, -0.2) is 9.97 Å². The molecule has 0 N–H and O–H groups in total. The summed E-state index contributed by atoms with van der Waals surface area (Å²) in [4.78, 5) is 15.6. The normalized spacial score (nSPS) is 17.4. The maximum Gasteiger partial charge on any atom is 0.169 e. The Labute approximate surface area is 159 Å². The van der Waals surface area contributed by atoms with E-state index in [0.29, 0.717) is 23.5 Å². The SMILES string of the molecule is CN(C)c1cc(N(C2CC2)C2CCN(c3nnccc3C#N)CC2)ncn1. The molecule has 140 valence electrons. The summed E-state index contributed by atoms with van der Waals surface area (Å²) in [5.41, 5.74) is 0.592. The number of rotatable bonds is 5. The maximum absolute atomic E-state index is 9.32. The molecule has 1 saturated carbocycles. The lowest BCUT2D eigenvalue weighted by Crippen LogP contribution is -2.47. The molecule has 0 spiro atoms. The predicted octanol–water partition coefficient (Wildman–Crippen LogP) is 1.84. The smallest absolute Gasteiger partial charge is 0.169 e. The molecule has 4 rings (SSSR count). The van der Waals surface area contributed by atoms with Crippen molar-refractivity contribution in [2.24, 2.45) is 0 Å². The van der Waals surface area contributed by atoms with Gasteiger partial charge in [-0.1, -0.05) is 0 Å². The van der Waals surface area contributed by atoms with Gasteiger partial charge < -0.3 is 14.7 Å². The van der Waals surface area contributed by atoms with Crippen LogP contribution in [0.5, 0.6) is 0 Å². The van der Waals surface area contributed by atoms with E-state index in [1.54, 1.807) is 18.6 Å².